The van der Waals surface area contributed by atoms with Gasteiger partial charge in [0.15, 0.2) is 0 Å². The predicted octanol–water partition coefficient (Wildman–Crippen LogP) is 5.75. The number of amides is 1. The van der Waals surface area contributed by atoms with E-state index in [-0.39, 0.29) is 29.6 Å². The van der Waals surface area contributed by atoms with Gasteiger partial charge in [-0.2, -0.15) is 21.6 Å². The van der Waals surface area contributed by atoms with Crippen molar-refractivity contribution in [1.29, 1.82) is 0 Å². The minimum absolute atomic E-state index is 0.193. The highest BCUT2D eigenvalue weighted by Gasteiger charge is 2.46. The molecule has 2 aromatic rings. The third-order valence-corrected chi connectivity index (χ3v) is 7.86. The van der Waals surface area contributed by atoms with E-state index in [1.54, 1.807) is 29.0 Å². The van der Waals surface area contributed by atoms with Gasteiger partial charge in [0.1, 0.15) is 11.5 Å². The highest BCUT2D eigenvalue weighted by atomic mass is 32.2. The lowest BCUT2D eigenvalue weighted by Gasteiger charge is -2.17. The summed E-state index contributed by atoms with van der Waals surface area (Å²) in [6.45, 7) is 4.41. The van der Waals surface area contributed by atoms with E-state index in [1.165, 1.54) is 24.7 Å². The number of imidazole rings is 1. The lowest BCUT2D eigenvalue weighted by molar-refractivity contribution is -0.0429. The molecule has 3 aliphatic rings. The molecule has 1 aromatic heterocycles. The maximum absolute atomic E-state index is 13.2. The zero-order chi connectivity index (χ0) is 27.9. The van der Waals surface area contributed by atoms with Gasteiger partial charge in [-0.15, -0.1) is 0 Å². The van der Waals surface area contributed by atoms with Gasteiger partial charge in [-0.05, 0) is 54.7 Å². The van der Waals surface area contributed by atoms with Crippen LogP contribution in [0.2, 0.25) is 0 Å². The number of carbonyl (C=O) groups excluding carboxylic acids is 1. The van der Waals surface area contributed by atoms with Gasteiger partial charge in [0.05, 0.1) is 30.5 Å². The fourth-order valence-corrected chi connectivity index (χ4v) is 5.40. The molecule has 12 heteroatoms. The van der Waals surface area contributed by atoms with Crippen LogP contribution in [-0.4, -0.2) is 35.9 Å². The number of aryl methyl sites for hydroxylation is 1. The van der Waals surface area contributed by atoms with E-state index >= 15 is 0 Å². The van der Waals surface area contributed by atoms with Gasteiger partial charge < -0.3 is 14.3 Å². The maximum Gasteiger partial charge on any atom is 0.516 e. The summed E-state index contributed by atoms with van der Waals surface area (Å²) in [6.07, 6.45) is 5.46. The van der Waals surface area contributed by atoms with Crippen molar-refractivity contribution < 1.29 is 30.8 Å². The van der Waals surface area contributed by atoms with E-state index in [2.05, 4.69) is 5.32 Å². The Morgan fingerprint density at radius 2 is 1.87 bits per heavy atom. The molecule has 0 unspecified atom stereocenters. The first-order chi connectivity index (χ1) is 18.6. The summed E-state index contributed by atoms with van der Waals surface area (Å²) in [4.78, 5) is 18.0. The molecule has 39 heavy (non-hydrogen) atoms. The van der Waals surface area contributed by atoms with Crippen LogP contribution in [0.1, 0.15) is 60.2 Å². The van der Waals surface area contributed by atoms with Crippen molar-refractivity contribution in [3.8, 4) is 22.3 Å². The van der Waals surface area contributed by atoms with E-state index in [0.717, 1.165) is 24.1 Å². The molecule has 0 bridgehead atoms. The number of sulfonamides is 1. The lowest BCUT2D eigenvalue weighted by Crippen LogP contribution is -2.30. The van der Waals surface area contributed by atoms with Crippen molar-refractivity contribution in [3.05, 3.63) is 71.7 Å². The number of hydrogen-bond acceptors (Lipinski definition) is 5. The third-order valence-electron chi connectivity index (χ3n) is 6.76. The molecule has 1 amide bonds. The van der Waals surface area contributed by atoms with Crippen molar-refractivity contribution in [1.82, 2.24) is 14.9 Å². The third kappa shape index (κ3) is 5.00. The van der Waals surface area contributed by atoms with Crippen LogP contribution < -0.4 is 10.0 Å². The Balaban J connectivity index is 1.69. The molecule has 206 valence electrons. The smallest absolute Gasteiger partial charge is 0.472 e. The van der Waals surface area contributed by atoms with E-state index in [1.807, 2.05) is 18.4 Å². The SMILES string of the molecule is CCNC(=O)c1c(C2CC2)nc(CC)n1Cc1c2ccocc-2cc1-c1ccccc1NS(=O)(=O)C(F)(F)F. The molecule has 0 spiro atoms. The summed E-state index contributed by atoms with van der Waals surface area (Å²) in [5.74, 6) is 0.684. The lowest BCUT2D eigenvalue weighted by atomic mass is 10.0. The number of nitrogens with one attached hydrogen (secondary N) is 2. The van der Waals surface area contributed by atoms with Gasteiger partial charge in [-0.25, -0.2) is 4.98 Å². The standard InChI is InChI=1S/C27H27F3N4O4S/c1-3-23-32-24(16-9-10-16)25(26(35)31-4-2)34(23)14-21-18-11-12-38-15-17(18)13-20(21)19-7-5-6-8-22(19)33-39(36,37)27(28,29)30/h5-8,11-13,15-16,33H,3-4,9-10,14H2,1-2H3,(H,31,35). The van der Waals surface area contributed by atoms with E-state index in [0.29, 0.717) is 41.2 Å². The number of hydrogen-bond donors (Lipinski definition) is 2. The van der Waals surface area contributed by atoms with Crippen molar-refractivity contribution in [2.75, 3.05) is 11.3 Å². The Labute approximate surface area is 223 Å². The van der Waals surface area contributed by atoms with E-state index in [4.69, 9.17) is 9.40 Å². The highest BCUT2D eigenvalue weighted by Crippen LogP contribution is 2.44. The Bertz CT molecular complexity index is 1600. The zero-order valence-corrected chi connectivity index (χ0v) is 22.1. The maximum atomic E-state index is 13.2. The number of halogens is 3. The van der Waals surface area contributed by atoms with Crippen LogP contribution in [0.3, 0.4) is 0 Å². The van der Waals surface area contributed by atoms with Gasteiger partial charge in [0.2, 0.25) is 0 Å². The number of anilines is 1. The normalized spacial score (nSPS) is 14.1. The number of benzene rings is 1. The minimum Gasteiger partial charge on any atom is -0.472 e. The molecule has 2 N–H and O–H groups in total. The number of carbonyl (C=O) groups is 1. The second kappa shape index (κ2) is 10.1. The van der Waals surface area contributed by atoms with Crippen LogP contribution in [0.4, 0.5) is 18.9 Å². The summed E-state index contributed by atoms with van der Waals surface area (Å²) in [6, 6.07) is 9.39. The van der Waals surface area contributed by atoms with Crippen molar-refractivity contribution in [3.63, 3.8) is 0 Å². The van der Waals surface area contributed by atoms with Crippen LogP contribution in [0.15, 0.2) is 53.3 Å². The first-order valence-electron chi connectivity index (χ1n) is 12.6. The topological polar surface area (TPSA) is 106 Å². The summed E-state index contributed by atoms with van der Waals surface area (Å²) in [7, 11) is -5.65. The zero-order valence-electron chi connectivity index (χ0n) is 21.3. The largest absolute Gasteiger partial charge is 0.516 e. The van der Waals surface area contributed by atoms with Gasteiger partial charge >= 0.3 is 15.5 Å². The molecule has 1 fully saturated rings. The number of aromatic nitrogens is 2. The number of para-hydroxylation sites is 1. The quantitative estimate of drug-likeness (QED) is 0.271. The first-order valence-corrected chi connectivity index (χ1v) is 14.1. The molecule has 1 aromatic carbocycles. The second-order valence-corrected chi connectivity index (χ2v) is 11.1. The van der Waals surface area contributed by atoms with Gasteiger partial charge in [-0.3, -0.25) is 9.52 Å². The number of rotatable bonds is 9. The molecule has 0 atom stereocenters. The molecule has 5 rings (SSSR count). The summed E-state index contributed by atoms with van der Waals surface area (Å²) in [5.41, 5.74) is -1.56. The van der Waals surface area contributed by atoms with E-state index in [9.17, 15) is 26.4 Å². The van der Waals surface area contributed by atoms with Crippen LogP contribution in [0, 0.1) is 0 Å². The average molecular weight is 561 g/mol. The first kappa shape index (κ1) is 26.8. The predicted molar refractivity (Wildman–Crippen MR) is 140 cm³/mol. The number of alkyl halides is 3. The summed E-state index contributed by atoms with van der Waals surface area (Å²) >= 11 is 0. The van der Waals surface area contributed by atoms with Crippen molar-refractivity contribution in [2.24, 2.45) is 0 Å². The molecule has 0 saturated heterocycles. The van der Waals surface area contributed by atoms with Crippen LogP contribution in [0.25, 0.3) is 22.3 Å². The number of nitrogens with zero attached hydrogens (tertiary/aromatic N) is 2. The Kier molecular flexibility index (Phi) is 6.91. The van der Waals surface area contributed by atoms with E-state index < -0.39 is 15.5 Å². The Hall–Kier alpha value is -3.80. The molecule has 2 heterocycles. The molecule has 1 saturated carbocycles. The van der Waals surface area contributed by atoms with Gasteiger partial charge in [-0.1, -0.05) is 25.1 Å². The second-order valence-electron chi connectivity index (χ2n) is 9.39. The fourth-order valence-electron chi connectivity index (χ4n) is 4.82. The molecule has 2 aliphatic carbocycles. The Morgan fingerprint density at radius 1 is 1.13 bits per heavy atom. The molecular formula is C27H27F3N4O4S. The molecule has 0 radical (unpaired) electrons. The van der Waals surface area contributed by atoms with Gasteiger partial charge in [0.25, 0.3) is 5.91 Å². The summed E-state index contributed by atoms with van der Waals surface area (Å²) < 4.78 is 72.5. The number of fused-ring (bicyclic) bond motifs is 1. The average Bonchev–Trinajstić information content (AvgIpc) is 3.58. The van der Waals surface area contributed by atoms with Crippen molar-refractivity contribution >= 4 is 21.6 Å². The molecule has 8 nitrogen and oxygen atoms in total. The minimum atomic E-state index is -5.65. The molecular weight excluding hydrogens is 533 g/mol. The van der Waals surface area contributed by atoms with Crippen LogP contribution >= 0.6 is 0 Å². The Morgan fingerprint density at radius 3 is 2.54 bits per heavy atom. The van der Waals surface area contributed by atoms with Crippen LogP contribution in [0.5, 0.6) is 0 Å². The van der Waals surface area contributed by atoms with Gasteiger partial charge in [0, 0.05) is 30.0 Å². The fraction of sp³-hybridized carbons (Fsp3) is 0.333. The monoisotopic (exact) mass is 560 g/mol. The highest BCUT2D eigenvalue weighted by molar-refractivity contribution is 7.93. The molecule has 1 aliphatic heterocycles. The van der Waals surface area contributed by atoms with Crippen molar-refractivity contribution in [2.45, 2.75) is 51.1 Å². The summed E-state index contributed by atoms with van der Waals surface area (Å²) in [5, 5.41) is 2.88. The van der Waals surface area contributed by atoms with Crippen LogP contribution in [-0.2, 0) is 23.0 Å².